The molecular weight excluding hydrogens is 230 g/mol. The van der Waals surface area contributed by atoms with Crippen molar-refractivity contribution in [2.24, 2.45) is 0 Å². The van der Waals surface area contributed by atoms with E-state index in [1.54, 1.807) is 28.7 Å². The van der Waals surface area contributed by atoms with Crippen molar-refractivity contribution in [3.8, 4) is 0 Å². The highest BCUT2D eigenvalue weighted by molar-refractivity contribution is 6.05. The average Bonchev–Trinajstić information content (AvgIpc) is 2.68. The number of aryl methyl sites for hydroxylation is 2. The fourth-order valence-electron chi connectivity index (χ4n) is 1.59. The van der Waals surface area contributed by atoms with Crippen LogP contribution in [-0.2, 0) is 0 Å². The molecule has 6 heteroatoms. The van der Waals surface area contributed by atoms with E-state index < -0.39 is 0 Å². The van der Waals surface area contributed by atoms with Crippen molar-refractivity contribution in [1.82, 2.24) is 24.5 Å². The normalized spacial score (nSPS) is 11.3. The van der Waals surface area contributed by atoms with Crippen LogP contribution in [-0.4, -0.2) is 44.4 Å². The van der Waals surface area contributed by atoms with Crippen LogP contribution in [0.5, 0.6) is 0 Å². The first-order chi connectivity index (χ1) is 8.49. The molecule has 0 spiro atoms. The molecule has 2 heterocycles. The van der Waals surface area contributed by atoms with Gasteiger partial charge in [0, 0.05) is 32.6 Å². The topological polar surface area (TPSA) is 63.4 Å². The lowest BCUT2D eigenvalue weighted by Gasteiger charge is -2.05. The molecule has 94 valence electrons. The predicted octanol–water partition coefficient (Wildman–Crippen LogP) is 0.999. The molecule has 0 aliphatic heterocycles. The molecule has 0 atom stereocenters. The summed E-state index contributed by atoms with van der Waals surface area (Å²) in [6.07, 6.45) is 4.76. The molecule has 0 aliphatic rings. The number of carbonyl (C=O) groups is 1. The third kappa shape index (κ3) is 2.22. The summed E-state index contributed by atoms with van der Waals surface area (Å²) in [6, 6.07) is 0. The lowest BCUT2D eigenvalue weighted by Crippen LogP contribution is -2.08. The highest BCUT2D eigenvalue weighted by Crippen LogP contribution is 2.10. The van der Waals surface area contributed by atoms with Crippen LogP contribution in [0.4, 0.5) is 0 Å². The number of carbonyl (C=O) groups excluding carboxylic acids is 1. The number of aromatic nitrogens is 4. The molecule has 0 fully saturated rings. The summed E-state index contributed by atoms with van der Waals surface area (Å²) in [5, 5.41) is 4.21. The Hall–Kier alpha value is -2.24. The summed E-state index contributed by atoms with van der Waals surface area (Å²) < 4.78 is 1.59. The van der Waals surface area contributed by atoms with E-state index in [1.165, 1.54) is 6.08 Å². The molecular formula is C12H15N5O. The second-order valence-electron chi connectivity index (χ2n) is 4.27. The van der Waals surface area contributed by atoms with Gasteiger partial charge < -0.3 is 4.90 Å². The van der Waals surface area contributed by atoms with Crippen LogP contribution in [0.3, 0.4) is 0 Å². The van der Waals surface area contributed by atoms with Crippen LogP contribution in [0.2, 0.25) is 0 Å². The Bertz CT molecular complexity index is 627. The Morgan fingerprint density at radius 3 is 2.78 bits per heavy atom. The summed E-state index contributed by atoms with van der Waals surface area (Å²) in [6.45, 7) is 3.63. The Balaban J connectivity index is 2.45. The first-order valence-electron chi connectivity index (χ1n) is 5.57. The molecule has 2 rings (SSSR count). The van der Waals surface area contributed by atoms with E-state index in [-0.39, 0.29) is 5.78 Å². The quantitative estimate of drug-likeness (QED) is 0.596. The van der Waals surface area contributed by atoms with Crippen molar-refractivity contribution >= 4 is 11.6 Å². The zero-order valence-corrected chi connectivity index (χ0v) is 10.9. The Morgan fingerprint density at radius 2 is 2.11 bits per heavy atom. The van der Waals surface area contributed by atoms with E-state index >= 15 is 0 Å². The fourth-order valence-corrected chi connectivity index (χ4v) is 1.59. The van der Waals surface area contributed by atoms with E-state index in [9.17, 15) is 4.79 Å². The Morgan fingerprint density at radius 1 is 1.39 bits per heavy atom. The van der Waals surface area contributed by atoms with Gasteiger partial charge in [0.25, 0.3) is 5.78 Å². The van der Waals surface area contributed by atoms with Crippen LogP contribution in [0.15, 0.2) is 18.5 Å². The van der Waals surface area contributed by atoms with Crippen LogP contribution >= 0.6 is 0 Å². The number of nitrogens with zero attached hydrogens (tertiary/aromatic N) is 5. The van der Waals surface area contributed by atoms with Gasteiger partial charge in [-0.2, -0.15) is 10.1 Å². The fraction of sp³-hybridized carbons (Fsp3) is 0.333. The smallest absolute Gasteiger partial charge is 0.252 e. The number of ketones is 1. The molecule has 0 bridgehead atoms. The molecule has 0 N–H and O–H groups in total. The molecule has 0 aromatic carbocycles. The highest BCUT2D eigenvalue weighted by atomic mass is 16.1. The average molecular weight is 245 g/mol. The second kappa shape index (κ2) is 4.56. The van der Waals surface area contributed by atoms with Crippen LogP contribution in [0, 0.1) is 13.8 Å². The maximum Gasteiger partial charge on any atom is 0.252 e. The molecule has 0 amide bonds. The first-order valence-corrected chi connectivity index (χ1v) is 5.57. The standard InChI is InChI=1S/C12H15N5O/c1-8-10(11(18)5-6-16(3)4)7-13-12-14-9(2)15-17(8)12/h5-7H,1-4H3/b6-5+. The number of allylic oxidation sites excluding steroid dienone is 1. The SMILES string of the molecule is Cc1nc2ncc(C(=O)/C=C/N(C)C)c(C)n2n1. The number of rotatable bonds is 3. The van der Waals surface area contributed by atoms with E-state index in [0.29, 0.717) is 17.2 Å². The third-order valence-corrected chi connectivity index (χ3v) is 2.50. The first kappa shape index (κ1) is 12.2. The van der Waals surface area contributed by atoms with Gasteiger partial charge in [0.2, 0.25) is 0 Å². The van der Waals surface area contributed by atoms with E-state index in [4.69, 9.17) is 0 Å². The van der Waals surface area contributed by atoms with Gasteiger partial charge in [0.1, 0.15) is 5.82 Å². The van der Waals surface area contributed by atoms with Crippen LogP contribution in [0.1, 0.15) is 21.9 Å². The van der Waals surface area contributed by atoms with Gasteiger partial charge in [0.05, 0.1) is 11.3 Å². The van der Waals surface area contributed by atoms with Gasteiger partial charge in [-0.1, -0.05) is 0 Å². The highest BCUT2D eigenvalue weighted by Gasteiger charge is 2.12. The van der Waals surface area contributed by atoms with Crippen molar-refractivity contribution in [2.45, 2.75) is 13.8 Å². The molecule has 0 unspecified atom stereocenters. The lowest BCUT2D eigenvalue weighted by molar-refractivity contribution is 0.104. The molecule has 18 heavy (non-hydrogen) atoms. The van der Waals surface area contributed by atoms with E-state index in [2.05, 4.69) is 15.1 Å². The van der Waals surface area contributed by atoms with Gasteiger partial charge in [0.15, 0.2) is 5.78 Å². The molecule has 0 saturated heterocycles. The minimum absolute atomic E-state index is 0.0937. The summed E-state index contributed by atoms with van der Waals surface area (Å²) in [5.41, 5.74) is 1.28. The zero-order valence-electron chi connectivity index (χ0n) is 10.9. The van der Waals surface area contributed by atoms with Gasteiger partial charge >= 0.3 is 0 Å². The number of hydrogen-bond donors (Lipinski definition) is 0. The van der Waals surface area contributed by atoms with Crippen molar-refractivity contribution in [3.05, 3.63) is 35.6 Å². The molecule has 2 aromatic rings. The van der Waals surface area contributed by atoms with Crippen LogP contribution < -0.4 is 0 Å². The van der Waals surface area contributed by atoms with Crippen molar-refractivity contribution in [1.29, 1.82) is 0 Å². The summed E-state index contributed by atoms with van der Waals surface area (Å²) >= 11 is 0. The maximum absolute atomic E-state index is 12.0. The molecule has 2 aromatic heterocycles. The van der Waals surface area contributed by atoms with Gasteiger partial charge in [-0.05, 0) is 13.8 Å². The molecule has 0 radical (unpaired) electrons. The molecule has 6 nitrogen and oxygen atoms in total. The monoisotopic (exact) mass is 245 g/mol. The van der Waals surface area contributed by atoms with Crippen molar-refractivity contribution in [3.63, 3.8) is 0 Å². The summed E-state index contributed by atoms with van der Waals surface area (Å²) in [4.78, 5) is 22.1. The van der Waals surface area contributed by atoms with Crippen molar-refractivity contribution < 1.29 is 4.79 Å². The number of fused-ring (bicyclic) bond motifs is 1. The third-order valence-electron chi connectivity index (χ3n) is 2.50. The van der Waals surface area contributed by atoms with E-state index in [1.807, 2.05) is 21.0 Å². The van der Waals surface area contributed by atoms with Gasteiger partial charge in [-0.15, -0.1) is 0 Å². The molecule has 0 aliphatic carbocycles. The minimum atomic E-state index is -0.0937. The summed E-state index contributed by atoms with van der Waals surface area (Å²) in [5.74, 6) is 1.06. The van der Waals surface area contributed by atoms with E-state index in [0.717, 1.165) is 5.69 Å². The van der Waals surface area contributed by atoms with Gasteiger partial charge in [-0.25, -0.2) is 9.50 Å². The Kier molecular flexibility index (Phi) is 3.10. The predicted molar refractivity (Wildman–Crippen MR) is 67.4 cm³/mol. The lowest BCUT2D eigenvalue weighted by atomic mass is 10.1. The Labute approximate surface area is 105 Å². The second-order valence-corrected chi connectivity index (χ2v) is 4.27. The minimum Gasteiger partial charge on any atom is -0.383 e. The van der Waals surface area contributed by atoms with Gasteiger partial charge in [-0.3, -0.25) is 4.79 Å². The van der Waals surface area contributed by atoms with Crippen LogP contribution in [0.25, 0.3) is 5.78 Å². The van der Waals surface area contributed by atoms with Crippen molar-refractivity contribution in [2.75, 3.05) is 14.1 Å². The number of hydrogen-bond acceptors (Lipinski definition) is 5. The summed E-state index contributed by atoms with van der Waals surface area (Å²) in [7, 11) is 3.72. The molecule has 0 saturated carbocycles. The zero-order chi connectivity index (χ0) is 13.3. The largest absolute Gasteiger partial charge is 0.383 e. The maximum atomic E-state index is 12.0.